The molecule has 0 aliphatic heterocycles. The summed E-state index contributed by atoms with van der Waals surface area (Å²) in [6.45, 7) is 10.0. The second kappa shape index (κ2) is 14.0. The molecule has 0 spiro atoms. The number of aromatic nitrogens is 6. The molecule has 13 nitrogen and oxygen atoms in total. The summed E-state index contributed by atoms with van der Waals surface area (Å²) in [7, 11) is 0. The van der Waals surface area contributed by atoms with E-state index in [1.165, 1.54) is 0 Å². The van der Waals surface area contributed by atoms with Crippen molar-refractivity contribution in [2.45, 2.75) is 90.8 Å². The fourth-order valence-electron chi connectivity index (χ4n) is 6.25. The van der Waals surface area contributed by atoms with Crippen molar-refractivity contribution < 1.29 is 28.6 Å². The smallest absolute Gasteiger partial charge is 0.408 e. The summed E-state index contributed by atoms with van der Waals surface area (Å²) >= 11 is 12.1. The molecular formula is C35H39Cl2N7O6. The van der Waals surface area contributed by atoms with Crippen LogP contribution >= 0.6 is 23.2 Å². The summed E-state index contributed by atoms with van der Waals surface area (Å²) in [6, 6.07) is 3.57. The van der Waals surface area contributed by atoms with Crippen molar-refractivity contribution in [2.24, 2.45) is 0 Å². The molecule has 1 saturated carbocycles. The van der Waals surface area contributed by atoms with Gasteiger partial charge in [0, 0.05) is 34.6 Å². The summed E-state index contributed by atoms with van der Waals surface area (Å²) in [4.78, 5) is 45.3. The van der Waals surface area contributed by atoms with Crippen LogP contribution in [0.2, 0.25) is 10.3 Å². The van der Waals surface area contributed by atoms with Crippen LogP contribution in [-0.4, -0.2) is 72.3 Å². The Bertz CT molecular complexity index is 1960. The summed E-state index contributed by atoms with van der Waals surface area (Å²) in [5.74, 6) is -0.771. The van der Waals surface area contributed by atoms with Gasteiger partial charge in [-0.2, -0.15) is 10.2 Å². The van der Waals surface area contributed by atoms with E-state index in [1.54, 1.807) is 43.1 Å². The fourth-order valence-corrected chi connectivity index (χ4v) is 6.57. The number of nitrogens with zero attached hydrogens (tertiary/aromatic N) is 5. The summed E-state index contributed by atoms with van der Waals surface area (Å²) in [5, 5.41) is 15.6. The highest BCUT2D eigenvalue weighted by Crippen LogP contribution is 2.41. The number of halogens is 2. The Labute approximate surface area is 299 Å². The van der Waals surface area contributed by atoms with Gasteiger partial charge in [0.15, 0.2) is 0 Å². The van der Waals surface area contributed by atoms with Crippen molar-refractivity contribution in [1.29, 1.82) is 0 Å². The number of alkyl carbamates (subject to hydrolysis) is 1. The highest BCUT2D eigenvalue weighted by atomic mass is 35.5. The van der Waals surface area contributed by atoms with Crippen molar-refractivity contribution in [1.82, 2.24) is 35.3 Å². The van der Waals surface area contributed by atoms with Crippen LogP contribution < -0.4 is 5.32 Å². The third-order valence-electron chi connectivity index (χ3n) is 8.64. The van der Waals surface area contributed by atoms with Crippen LogP contribution in [0.5, 0.6) is 0 Å². The average Bonchev–Trinajstić information content (AvgIpc) is 3.47. The Morgan fingerprint density at radius 1 is 0.880 bits per heavy atom. The standard InChI is InChI=1S/C22H27ClN4O4.C13H12ClN3O2/c1-5-30-19(28)18-14-7-6-13-11-24-16(23)10-15(13)17(14)26-27(18)12-22(8-9-22)25-20(29)31-21(2,3)4;1-2-19-13(18)12-8-4-3-7-6-15-10(14)5-9(7)11(8)16-17-12/h10-11H,5-9,12H2,1-4H3,(H,25,29);5-6H,2-4H2,1H3,(H,16,17). The van der Waals surface area contributed by atoms with Crippen molar-refractivity contribution in [3.05, 3.63) is 68.5 Å². The van der Waals surface area contributed by atoms with Gasteiger partial charge in [-0.1, -0.05) is 23.2 Å². The minimum Gasteiger partial charge on any atom is -0.461 e. The lowest BCUT2D eigenvalue weighted by atomic mass is 9.90. The maximum Gasteiger partial charge on any atom is 0.408 e. The number of amides is 1. The molecule has 4 aromatic rings. The van der Waals surface area contributed by atoms with E-state index in [9.17, 15) is 14.4 Å². The van der Waals surface area contributed by atoms with Crippen molar-refractivity contribution in [2.75, 3.05) is 13.2 Å². The van der Waals surface area contributed by atoms with E-state index in [2.05, 4.69) is 25.5 Å². The largest absolute Gasteiger partial charge is 0.461 e. The van der Waals surface area contributed by atoms with Crippen molar-refractivity contribution in [3.63, 3.8) is 0 Å². The molecule has 15 heteroatoms. The van der Waals surface area contributed by atoms with Crippen LogP contribution in [0, 0.1) is 0 Å². The van der Waals surface area contributed by atoms with Gasteiger partial charge >= 0.3 is 18.0 Å². The highest BCUT2D eigenvalue weighted by molar-refractivity contribution is 6.30. The third-order valence-corrected chi connectivity index (χ3v) is 9.06. The Morgan fingerprint density at radius 2 is 1.46 bits per heavy atom. The lowest BCUT2D eigenvalue weighted by molar-refractivity contribution is 0.0482. The molecule has 0 saturated heterocycles. The van der Waals surface area contributed by atoms with Gasteiger partial charge < -0.3 is 19.5 Å². The topological polar surface area (TPSA) is 163 Å². The summed E-state index contributed by atoms with van der Waals surface area (Å²) in [6.07, 6.45) is 7.59. The van der Waals surface area contributed by atoms with Crippen LogP contribution in [0.3, 0.4) is 0 Å². The molecule has 0 radical (unpaired) electrons. The monoisotopic (exact) mass is 723 g/mol. The minimum absolute atomic E-state index is 0.270. The van der Waals surface area contributed by atoms with E-state index < -0.39 is 23.2 Å². The number of H-pyrrole nitrogens is 1. The first-order valence-corrected chi connectivity index (χ1v) is 17.4. The van der Waals surface area contributed by atoms with Crippen LogP contribution in [0.1, 0.15) is 90.7 Å². The van der Waals surface area contributed by atoms with Gasteiger partial charge in [0.05, 0.1) is 36.7 Å². The van der Waals surface area contributed by atoms with E-state index in [1.807, 2.05) is 20.8 Å². The molecule has 0 unspecified atom stereocenters. The van der Waals surface area contributed by atoms with Gasteiger partial charge in [0.25, 0.3) is 0 Å². The molecule has 50 heavy (non-hydrogen) atoms. The molecule has 0 aromatic carbocycles. The number of rotatable bonds is 7. The summed E-state index contributed by atoms with van der Waals surface area (Å²) in [5.41, 5.74) is 7.01. The van der Waals surface area contributed by atoms with E-state index >= 15 is 0 Å². The molecule has 1 amide bonds. The second-order valence-electron chi connectivity index (χ2n) is 13.4. The van der Waals surface area contributed by atoms with Crippen LogP contribution in [-0.2, 0) is 46.4 Å². The number of carbonyl (C=O) groups excluding carboxylic acids is 3. The molecule has 4 aromatic heterocycles. The Morgan fingerprint density at radius 3 is 2.04 bits per heavy atom. The first-order valence-electron chi connectivity index (χ1n) is 16.6. The fraction of sp³-hybridized carbons (Fsp3) is 0.457. The molecule has 7 rings (SSSR count). The maximum atomic E-state index is 12.9. The van der Waals surface area contributed by atoms with Gasteiger partial charge in [-0.25, -0.2) is 24.4 Å². The molecule has 0 bridgehead atoms. The first-order chi connectivity index (χ1) is 23.8. The molecule has 4 heterocycles. The van der Waals surface area contributed by atoms with E-state index in [4.69, 9.17) is 42.5 Å². The van der Waals surface area contributed by atoms with E-state index in [0.29, 0.717) is 41.3 Å². The third kappa shape index (κ3) is 7.48. The number of aromatic amines is 1. The molecule has 2 N–H and O–H groups in total. The van der Waals surface area contributed by atoms with Crippen molar-refractivity contribution >= 4 is 41.2 Å². The number of carbonyl (C=O) groups is 3. The number of nitrogens with one attached hydrogen (secondary N) is 2. The number of esters is 2. The molecule has 3 aliphatic carbocycles. The number of hydrogen-bond acceptors (Lipinski definition) is 10. The number of ether oxygens (including phenoxy) is 3. The predicted molar refractivity (Wildman–Crippen MR) is 185 cm³/mol. The predicted octanol–water partition coefficient (Wildman–Crippen LogP) is 6.33. The first kappa shape index (κ1) is 35.3. The highest BCUT2D eigenvalue weighted by Gasteiger charge is 2.47. The lowest BCUT2D eigenvalue weighted by Crippen LogP contribution is -2.43. The van der Waals surface area contributed by atoms with Gasteiger partial charge in [0.1, 0.15) is 27.3 Å². The van der Waals surface area contributed by atoms with Gasteiger partial charge in [-0.05, 0) is 96.4 Å². The zero-order valence-corrected chi connectivity index (χ0v) is 30.1. The molecule has 1 fully saturated rings. The Kier molecular flexibility index (Phi) is 9.91. The Hall–Kier alpha value is -4.49. The van der Waals surface area contributed by atoms with Gasteiger partial charge in [-0.15, -0.1) is 0 Å². The number of fused-ring (bicyclic) bond motifs is 6. The zero-order chi connectivity index (χ0) is 35.8. The number of aryl methyl sites for hydroxylation is 2. The molecular weight excluding hydrogens is 685 g/mol. The number of pyridine rings is 2. The normalized spacial score (nSPS) is 14.9. The molecule has 264 valence electrons. The number of hydrogen-bond donors (Lipinski definition) is 2. The SMILES string of the molecule is CCOC(=O)c1[nH]nc2c1CCc1cnc(Cl)cc1-2.CCOC(=O)c1c2c(nn1CC1(NC(=O)OC(C)(C)C)CC1)-c1cc(Cl)ncc1CC2. The summed E-state index contributed by atoms with van der Waals surface area (Å²) < 4.78 is 17.4. The average molecular weight is 725 g/mol. The van der Waals surface area contributed by atoms with Crippen LogP contribution in [0.15, 0.2) is 24.5 Å². The Balaban J connectivity index is 0.000000194. The maximum absolute atomic E-state index is 12.9. The van der Waals surface area contributed by atoms with Gasteiger partial charge in [-0.3, -0.25) is 9.78 Å². The minimum atomic E-state index is -0.585. The quantitative estimate of drug-likeness (QED) is 0.125. The van der Waals surface area contributed by atoms with Gasteiger partial charge in [0.2, 0.25) is 0 Å². The van der Waals surface area contributed by atoms with E-state index in [-0.39, 0.29) is 12.6 Å². The van der Waals surface area contributed by atoms with E-state index in [0.717, 1.165) is 76.9 Å². The lowest BCUT2D eigenvalue weighted by Gasteiger charge is -2.23. The van der Waals surface area contributed by atoms with Crippen molar-refractivity contribution in [3.8, 4) is 22.5 Å². The molecule has 3 aliphatic rings. The second-order valence-corrected chi connectivity index (χ2v) is 14.2. The zero-order valence-electron chi connectivity index (χ0n) is 28.6. The van der Waals surface area contributed by atoms with Crippen LogP contribution in [0.4, 0.5) is 4.79 Å². The molecule has 0 atom stereocenters. The van der Waals surface area contributed by atoms with Crippen LogP contribution in [0.25, 0.3) is 22.5 Å².